The lowest BCUT2D eigenvalue weighted by Crippen LogP contribution is -2.14. The Bertz CT molecular complexity index is 5930. The minimum Gasteiger partial charge on any atom is -0.481 e. The molecule has 5 amide bonds. The monoisotopic (exact) mass is 1640 g/mol. The second-order valence-corrected chi connectivity index (χ2v) is 25.1. The van der Waals surface area contributed by atoms with Gasteiger partial charge < -0.3 is 55.0 Å². The highest BCUT2D eigenvalue weighted by molar-refractivity contribution is 7.11. The molecular weight excluding hydrogens is 1580 g/mol. The summed E-state index contributed by atoms with van der Waals surface area (Å²) in [6.07, 6.45) is 29.7. The van der Waals surface area contributed by atoms with Gasteiger partial charge in [-0.25, -0.2) is 81.8 Å². The topological polar surface area (TPSA) is 368 Å². The van der Waals surface area contributed by atoms with Gasteiger partial charge >= 0.3 is 0 Å². The fourth-order valence-electron chi connectivity index (χ4n) is 10.0. The Balaban J connectivity index is 0.000000147. The van der Waals surface area contributed by atoms with E-state index in [2.05, 4.69) is 97.3 Å². The van der Waals surface area contributed by atoms with Crippen LogP contribution in [0.15, 0.2) is 281 Å². The maximum absolute atomic E-state index is 13.8. The smallest absolute Gasteiger partial charge is 0.284 e. The van der Waals surface area contributed by atoms with Crippen molar-refractivity contribution in [2.45, 2.75) is 13.8 Å². The van der Waals surface area contributed by atoms with Gasteiger partial charge in [-0.1, -0.05) is 35.7 Å². The number of hydrogen-bond donors (Lipinski definition) is 5. The second kappa shape index (κ2) is 42.4. The molecule has 0 aliphatic rings. The number of thiazole rings is 1. The highest BCUT2D eigenvalue weighted by atomic mass is 32.1. The van der Waals surface area contributed by atoms with Crippen molar-refractivity contribution in [3.63, 3.8) is 0 Å². The van der Waals surface area contributed by atoms with Crippen molar-refractivity contribution in [1.29, 1.82) is 0 Å². The summed E-state index contributed by atoms with van der Waals surface area (Å²) < 4.78 is 101. The molecule has 15 aromatic rings. The van der Waals surface area contributed by atoms with Gasteiger partial charge in [0.15, 0.2) is 33.8 Å². The molecule has 0 saturated heterocycles. The van der Waals surface area contributed by atoms with E-state index >= 15 is 0 Å². The minimum absolute atomic E-state index is 0.141. The van der Waals surface area contributed by atoms with E-state index in [0.29, 0.717) is 62.0 Å². The zero-order chi connectivity index (χ0) is 84.5. The Morgan fingerprint density at radius 1 is 0.350 bits per heavy atom. The fraction of sp³-hybridized carbons (Fsp3) is 0.0353. The summed E-state index contributed by atoms with van der Waals surface area (Å²) in [6.45, 7) is 3.75. The van der Waals surface area contributed by atoms with Crippen LogP contribution in [0.1, 0.15) is 68.2 Å². The number of carbonyl (C=O) groups is 5. The molecule has 0 bridgehead atoms. The number of aromatic nitrogens is 13. The Hall–Kier alpha value is -16.8. The molecule has 0 saturated carbocycles. The normalized spacial score (nSPS) is 10.2. The van der Waals surface area contributed by atoms with Crippen LogP contribution in [0, 0.1) is 55.3 Å². The van der Waals surface area contributed by atoms with Gasteiger partial charge in [0.25, 0.3) is 29.5 Å². The van der Waals surface area contributed by atoms with Crippen molar-refractivity contribution in [2.75, 3.05) is 33.7 Å². The third kappa shape index (κ3) is 27.0. The lowest BCUT2D eigenvalue weighted by atomic mass is 10.1. The molecule has 0 aliphatic heterocycles. The number of nitrogens with zero attached hydrogens (tertiary/aromatic N) is 13. The number of nitrogens with one attached hydrogen (secondary N) is 5. The van der Waals surface area contributed by atoms with Gasteiger partial charge in [0.2, 0.25) is 5.88 Å². The molecule has 0 radical (unpaired) electrons. The predicted molar refractivity (Wildman–Crippen MR) is 430 cm³/mol. The van der Waals surface area contributed by atoms with Gasteiger partial charge in [-0.15, -0.1) is 17.8 Å². The van der Waals surface area contributed by atoms with Gasteiger partial charge in [-0.05, 0) is 98.3 Å². The van der Waals surface area contributed by atoms with Crippen LogP contribution in [-0.2, 0) is 0 Å². The summed E-state index contributed by atoms with van der Waals surface area (Å²) in [6, 6.07) is 41.4. The third-order valence-electron chi connectivity index (χ3n) is 15.0. The minimum atomic E-state index is -0.566. The average molecular weight is 1640 g/mol. The first kappa shape index (κ1) is 84.1. The van der Waals surface area contributed by atoms with E-state index < -0.39 is 52.7 Å². The number of benzene rings is 7. The number of aryl methyl sites for hydroxylation is 2. The number of pyridine rings is 2. The molecular formula is C85H61F5N18O11S. The number of halogens is 5. The summed E-state index contributed by atoms with van der Waals surface area (Å²) in [5, 5.41) is 15.0. The molecule has 0 aliphatic carbocycles. The second-order valence-electron chi connectivity index (χ2n) is 24.2. The number of rotatable bonds is 21. The number of anilines is 5. The maximum atomic E-state index is 13.8. The van der Waals surface area contributed by atoms with E-state index in [-0.39, 0.29) is 68.8 Å². The zero-order valence-electron chi connectivity index (χ0n) is 62.7. The fourth-order valence-corrected chi connectivity index (χ4v) is 10.5. The Labute approximate surface area is 682 Å². The molecule has 7 aromatic carbocycles. The highest BCUT2D eigenvalue weighted by Crippen LogP contribution is 2.32. The van der Waals surface area contributed by atoms with E-state index in [1.807, 2.05) is 19.9 Å². The number of amides is 5. The van der Waals surface area contributed by atoms with Gasteiger partial charge in [-0.2, -0.15) is 0 Å². The van der Waals surface area contributed by atoms with Crippen molar-refractivity contribution in [1.82, 2.24) is 64.8 Å². The first-order chi connectivity index (χ1) is 58.2. The first-order valence-corrected chi connectivity index (χ1v) is 35.8. The lowest BCUT2D eigenvalue weighted by molar-refractivity contribution is 0.101. The maximum Gasteiger partial charge on any atom is 0.284 e. The van der Waals surface area contributed by atoms with E-state index in [4.69, 9.17) is 34.8 Å². The summed E-state index contributed by atoms with van der Waals surface area (Å²) in [5.41, 5.74) is 5.02. The van der Waals surface area contributed by atoms with E-state index in [0.717, 1.165) is 11.1 Å². The van der Waals surface area contributed by atoms with E-state index in [1.54, 1.807) is 78.3 Å². The van der Waals surface area contributed by atoms with Crippen molar-refractivity contribution in [3.05, 3.63) is 355 Å². The molecule has 8 heterocycles. The number of ether oxygens (including phenoxy) is 6. The van der Waals surface area contributed by atoms with Crippen LogP contribution in [0.3, 0.4) is 0 Å². The molecule has 120 heavy (non-hydrogen) atoms. The molecule has 0 unspecified atom stereocenters. The van der Waals surface area contributed by atoms with Crippen molar-refractivity contribution < 1.29 is 74.3 Å². The molecule has 0 atom stereocenters. The molecule has 0 spiro atoms. The largest absolute Gasteiger partial charge is 0.481 e. The van der Waals surface area contributed by atoms with Crippen molar-refractivity contribution >= 4 is 69.3 Å². The van der Waals surface area contributed by atoms with E-state index in [9.17, 15) is 45.9 Å². The summed E-state index contributed by atoms with van der Waals surface area (Å²) >= 11 is 1.20. The Kier molecular flexibility index (Phi) is 29.7. The van der Waals surface area contributed by atoms with Crippen LogP contribution in [0.25, 0.3) is 0 Å². The van der Waals surface area contributed by atoms with Crippen LogP contribution in [0.5, 0.6) is 63.4 Å². The van der Waals surface area contributed by atoms with Crippen LogP contribution >= 0.6 is 11.3 Å². The molecule has 8 aromatic heterocycles. The van der Waals surface area contributed by atoms with Crippen LogP contribution in [0.4, 0.5) is 50.4 Å². The summed E-state index contributed by atoms with van der Waals surface area (Å²) in [5.74, 6) is 0.867. The molecule has 29 nitrogen and oxygen atoms in total. The molecule has 15 rings (SSSR count). The predicted octanol–water partition coefficient (Wildman–Crippen LogP) is 17.2. The number of carbonyl (C=O) groups excluding carboxylic acids is 5. The Morgan fingerprint density at radius 2 is 0.692 bits per heavy atom. The molecule has 35 heteroatoms. The standard InChI is InChI=1S/C19H12FN3O2.C18H14FN3O2.C17H13FN4O3.C17H13FN4O2.C14H9FN4O2S/c1-2-13-4-3-5-14(6-13)19(24)23-16-7-15(20)8-17(9-16)25-18-10-21-12-22-11-18;1-12-3-2-4-13(5-12)18(23)22-15-6-14(19)7-16(8-15)24-17-9-20-11-21-10-17;1-24-16-4-2-3-15(22-16)17(23)21-12-5-11(18)6-13(7-12)25-14-8-19-10-20-9-14;1-11-2-3-21-16(4-11)17(23)22-13-5-12(18)6-14(7-13)24-15-8-19-10-20-9-15;15-9-3-10(19-13(20)14-18-1-2-22-14)5-11(4-9)21-12-6-16-8-17-7-12/h1,3-12H,(H,23,24);2-11H,1H3,(H,22,23);2-10H,1H3,(H,21,23);2-10H,1H3,(H,22,23);1-8H,(H,19,20). The van der Waals surface area contributed by atoms with Crippen molar-refractivity contribution in [3.8, 4) is 75.7 Å². The van der Waals surface area contributed by atoms with Crippen LogP contribution < -0.4 is 55.0 Å². The molecule has 5 N–H and O–H groups in total. The first-order valence-electron chi connectivity index (χ1n) is 34.9. The van der Waals surface area contributed by atoms with Crippen LogP contribution in [0.2, 0.25) is 0 Å². The van der Waals surface area contributed by atoms with Gasteiger partial charge in [0.05, 0.1) is 69.1 Å². The summed E-state index contributed by atoms with van der Waals surface area (Å²) in [7, 11) is 1.45. The number of methoxy groups -OCH3 is 1. The highest BCUT2D eigenvalue weighted by Gasteiger charge is 2.17. The SMILES string of the molecule is C#Cc1cccc(C(=O)Nc2cc(F)cc(Oc3cncnc3)c2)c1.COc1cccc(C(=O)Nc2cc(F)cc(Oc3cncnc3)c2)n1.Cc1cccc(C(=O)Nc2cc(F)cc(Oc3cncnc3)c2)c1.Cc1ccnc(C(=O)Nc2cc(F)cc(Oc3cncnc3)c2)c1.O=C(Nc1cc(F)cc(Oc2cncnc2)c1)c1nccs1. The number of hydrogen-bond acceptors (Lipinski definition) is 25. The Morgan fingerprint density at radius 3 is 1.04 bits per heavy atom. The number of terminal acetylenes is 1. The van der Waals surface area contributed by atoms with Gasteiger partial charge in [0.1, 0.15) is 101 Å². The average Bonchev–Trinajstić information content (AvgIpc) is 0.971. The zero-order valence-corrected chi connectivity index (χ0v) is 63.6. The molecule has 0 fully saturated rings. The van der Waals surface area contributed by atoms with E-state index in [1.165, 1.54) is 215 Å². The third-order valence-corrected chi connectivity index (χ3v) is 15.8. The quantitative estimate of drug-likeness (QED) is 0.0329. The van der Waals surface area contributed by atoms with Crippen LogP contribution in [-0.4, -0.2) is 101 Å². The van der Waals surface area contributed by atoms with Gasteiger partial charge in [-0.3, -0.25) is 29.0 Å². The summed E-state index contributed by atoms with van der Waals surface area (Å²) in [4.78, 5) is 111. The lowest BCUT2D eigenvalue weighted by Gasteiger charge is -2.09. The molecule has 598 valence electrons. The van der Waals surface area contributed by atoms with Crippen molar-refractivity contribution in [2.24, 2.45) is 0 Å². The van der Waals surface area contributed by atoms with Gasteiger partial charge in [0, 0.05) is 130 Å².